The Morgan fingerprint density at radius 1 is 1.09 bits per heavy atom. The Morgan fingerprint density at radius 2 is 1.81 bits per heavy atom. The minimum atomic E-state index is -3.47. The van der Waals surface area contributed by atoms with Gasteiger partial charge < -0.3 is 14.8 Å². The van der Waals surface area contributed by atoms with E-state index in [0.29, 0.717) is 49.9 Å². The second-order valence-corrected chi connectivity index (χ2v) is 9.46. The van der Waals surface area contributed by atoms with E-state index in [1.807, 2.05) is 6.92 Å². The second kappa shape index (κ2) is 11.4. The number of carbonyl (C=O) groups excluding carboxylic acids is 1. The molecule has 3 rings (SSSR count). The minimum absolute atomic E-state index is 0.104. The van der Waals surface area contributed by atoms with Crippen LogP contribution in [0, 0.1) is 0 Å². The first-order valence-corrected chi connectivity index (χ1v) is 12.3. The van der Waals surface area contributed by atoms with Gasteiger partial charge in [-0.25, -0.2) is 8.42 Å². The van der Waals surface area contributed by atoms with Crippen LogP contribution in [0.2, 0.25) is 0 Å². The van der Waals surface area contributed by atoms with Gasteiger partial charge >= 0.3 is 0 Å². The van der Waals surface area contributed by atoms with Gasteiger partial charge in [0.1, 0.15) is 12.4 Å². The summed E-state index contributed by atoms with van der Waals surface area (Å²) >= 11 is 5.22. The standard InChI is InChI=1S/C22H27N3O5S2/c1-2-29-14-15-30-19-7-5-6-17(16-19)21(26)24-22(31)23-18-8-10-20(11-9-18)32(27,28)25-12-3-4-13-25/h5-11,16H,2-4,12-15H2,1H3,(H2,23,24,26,31). The molecule has 0 bridgehead atoms. The van der Waals surface area contributed by atoms with Crippen molar-refractivity contribution in [2.75, 3.05) is 38.2 Å². The molecule has 2 aromatic carbocycles. The fourth-order valence-corrected chi connectivity index (χ4v) is 4.94. The highest BCUT2D eigenvalue weighted by molar-refractivity contribution is 7.89. The molecule has 8 nitrogen and oxygen atoms in total. The number of sulfonamides is 1. The van der Waals surface area contributed by atoms with Gasteiger partial charge in [-0.05, 0) is 74.4 Å². The summed E-state index contributed by atoms with van der Waals surface area (Å²) in [6.45, 7) is 4.50. The summed E-state index contributed by atoms with van der Waals surface area (Å²) in [5.74, 6) is 0.178. The summed E-state index contributed by atoms with van der Waals surface area (Å²) in [6, 6.07) is 13.1. The van der Waals surface area contributed by atoms with Crippen LogP contribution in [-0.2, 0) is 14.8 Å². The van der Waals surface area contributed by atoms with Gasteiger partial charge in [-0.3, -0.25) is 10.1 Å². The monoisotopic (exact) mass is 477 g/mol. The van der Waals surface area contributed by atoms with E-state index >= 15 is 0 Å². The van der Waals surface area contributed by atoms with Crippen LogP contribution in [0.5, 0.6) is 5.75 Å². The van der Waals surface area contributed by atoms with Gasteiger partial charge in [0.25, 0.3) is 5.91 Å². The molecular weight excluding hydrogens is 450 g/mol. The van der Waals surface area contributed by atoms with Crippen LogP contribution in [0.3, 0.4) is 0 Å². The van der Waals surface area contributed by atoms with Crippen LogP contribution in [0.4, 0.5) is 5.69 Å². The molecule has 172 valence electrons. The van der Waals surface area contributed by atoms with Gasteiger partial charge in [-0.2, -0.15) is 4.31 Å². The Bertz CT molecular complexity index is 1040. The highest BCUT2D eigenvalue weighted by atomic mass is 32.2. The summed E-state index contributed by atoms with van der Waals surface area (Å²) in [7, 11) is -3.47. The third kappa shape index (κ3) is 6.49. The van der Waals surface area contributed by atoms with E-state index in [4.69, 9.17) is 21.7 Å². The van der Waals surface area contributed by atoms with Gasteiger partial charge in [-0.15, -0.1) is 0 Å². The number of carbonyl (C=O) groups is 1. The number of hydrogen-bond donors (Lipinski definition) is 2. The zero-order chi connectivity index (χ0) is 23.0. The number of benzene rings is 2. The summed E-state index contributed by atoms with van der Waals surface area (Å²) in [6.07, 6.45) is 1.77. The number of thiocarbonyl (C=S) groups is 1. The maximum atomic E-state index is 12.6. The normalized spacial score (nSPS) is 14.2. The van der Waals surface area contributed by atoms with Crippen LogP contribution in [0.25, 0.3) is 0 Å². The minimum Gasteiger partial charge on any atom is -0.491 e. The predicted octanol–water partition coefficient (Wildman–Crippen LogP) is 3.01. The fraction of sp³-hybridized carbons (Fsp3) is 0.364. The summed E-state index contributed by atoms with van der Waals surface area (Å²) in [5, 5.41) is 5.61. The SMILES string of the molecule is CCOCCOc1cccc(C(=O)NC(=S)Nc2ccc(S(=O)(=O)N3CCCC3)cc2)c1. The lowest BCUT2D eigenvalue weighted by molar-refractivity contribution is 0.0976. The van der Waals surface area contributed by atoms with Crippen LogP contribution >= 0.6 is 12.2 Å². The van der Waals surface area contributed by atoms with Crippen molar-refractivity contribution in [2.45, 2.75) is 24.7 Å². The third-order valence-electron chi connectivity index (χ3n) is 4.84. The van der Waals surface area contributed by atoms with Gasteiger partial charge in [0, 0.05) is 30.9 Å². The van der Waals surface area contributed by atoms with Crippen molar-refractivity contribution >= 4 is 38.9 Å². The summed E-state index contributed by atoms with van der Waals surface area (Å²) < 4.78 is 37.5. The Morgan fingerprint density at radius 3 is 2.50 bits per heavy atom. The molecule has 32 heavy (non-hydrogen) atoms. The lowest BCUT2D eigenvalue weighted by Gasteiger charge is -2.16. The topological polar surface area (TPSA) is 97.0 Å². The molecule has 0 saturated carbocycles. The summed E-state index contributed by atoms with van der Waals surface area (Å²) in [5.41, 5.74) is 0.971. The van der Waals surface area contributed by atoms with E-state index in [9.17, 15) is 13.2 Å². The third-order valence-corrected chi connectivity index (χ3v) is 6.96. The summed E-state index contributed by atoms with van der Waals surface area (Å²) in [4.78, 5) is 12.7. The molecule has 2 N–H and O–H groups in total. The molecule has 1 aliphatic rings. The van der Waals surface area contributed by atoms with E-state index in [1.165, 1.54) is 16.4 Å². The maximum Gasteiger partial charge on any atom is 0.257 e. The predicted molar refractivity (Wildman–Crippen MR) is 127 cm³/mol. The lowest BCUT2D eigenvalue weighted by Crippen LogP contribution is -2.34. The number of nitrogens with zero attached hydrogens (tertiary/aromatic N) is 1. The largest absolute Gasteiger partial charge is 0.491 e. The molecule has 1 fully saturated rings. The van der Waals surface area contributed by atoms with Gasteiger partial charge in [0.2, 0.25) is 10.0 Å². The first-order chi connectivity index (χ1) is 15.4. The van der Waals surface area contributed by atoms with E-state index in [1.54, 1.807) is 36.4 Å². The van der Waals surface area contributed by atoms with Crippen molar-refractivity contribution in [3.63, 3.8) is 0 Å². The molecule has 0 aromatic heterocycles. The maximum absolute atomic E-state index is 12.6. The van der Waals surface area contributed by atoms with Gasteiger partial charge in [0.05, 0.1) is 11.5 Å². The van der Waals surface area contributed by atoms with E-state index in [0.717, 1.165) is 12.8 Å². The van der Waals surface area contributed by atoms with Crippen molar-refractivity contribution in [3.8, 4) is 5.75 Å². The Hall–Kier alpha value is -2.53. The Kier molecular flexibility index (Phi) is 8.57. The van der Waals surface area contributed by atoms with Crippen molar-refractivity contribution in [2.24, 2.45) is 0 Å². The van der Waals surface area contributed by atoms with Crippen molar-refractivity contribution in [1.29, 1.82) is 0 Å². The number of hydrogen-bond acceptors (Lipinski definition) is 6. The highest BCUT2D eigenvalue weighted by Gasteiger charge is 2.26. The smallest absolute Gasteiger partial charge is 0.257 e. The molecule has 0 atom stereocenters. The lowest BCUT2D eigenvalue weighted by atomic mass is 10.2. The zero-order valence-electron chi connectivity index (χ0n) is 17.9. The molecule has 2 aromatic rings. The quantitative estimate of drug-likeness (QED) is 0.423. The molecular formula is C22H27N3O5S2. The fourth-order valence-electron chi connectivity index (χ4n) is 3.22. The van der Waals surface area contributed by atoms with Crippen molar-refractivity contribution in [3.05, 3.63) is 54.1 Å². The van der Waals surface area contributed by atoms with Crippen molar-refractivity contribution < 1.29 is 22.7 Å². The molecule has 1 heterocycles. The number of nitrogens with one attached hydrogen (secondary N) is 2. The molecule has 1 aliphatic heterocycles. The van der Waals surface area contributed by atoms with Gasteiger partial charge in [-0.1, -0.05) is 6.07 Å². The molecule has 1 saturated heterocycles. The number of amides is 1. The van der Waals surface area contributed by atoms with Crippen LogP contribution in [-0.4, -0.2) is 56.7 Å². The molecule has 0 spiro atoms. The number of anilines is 1. The Balaban J connectivity index is 1.54. The Labute approximate surface area is 193 Å². The van der Waals surface area contributed by atoms with Crippen LogP contribution in [0.1, 0.15) is 30.1 Å². The zero-order valence-corrected chi connectivity index (χ0v) is 19.5. The highest BCUT2D eigenvalue weighted by Crippen LogP contribution is 2.22. The molecule has 0 aliphatic carbocycles. The van der Waals surface area contributed by atoms with E-state index < -0.39 is 10.0 Å². The van der Waals surface area contributed by atoms with E-state index in [2.05, 4.69) is 10.6 Å². The van der Waals surface area contributed by atoms with E-state index in [-0.39, 0.29) is 15.9 Å². The van der Waals surface area contributed by atoms with Crippen LogP contribution < -0.4 is 15.4 Å². The average Bonchev–Trinajstić information content (AvgIpc) is 3.33. The average molecular weight is 478 g/mol. The molecule has 0 unspecified atom stereocenters. The van der Waals surface area contributed by atoms with Crippen molar-refractivity contribution in [1.82, 2.24) is 9.62 Å². The number of rotatable bonds is 9. The van der Waals surface area contributed by atoms with Crippen LogP contribution in [0.15, 0.2) is 53.4 Å². The molecule has 0 radical (unpaired) electrons. The second-order valence-electron chi connectivity index (χ2n) is 7.12. The number of ether oxygens (including phenoxy) is 2. The first-order valence-electron chi connectivity index (χ1n) is 10.4. The molecule has 10 heteroatoms. The van der Waals surface area contributed by atoms with Gasteiger partial charge in [0.15, 0.2) is 5.11 Å². The molecule has 1 amide bonds. The first kappa shape index (κ1) is 24.1.